The highest BCUT2D eigenvalue weighted by molar-refractivity contribution is 5.27. The molecular weight excluding hydrogens is 205 g/mol. The van der Waals surface area contributed by atoms with E-state index < -0.39 is 6.17 Å². The summed E-state index contributed by atoms with van der Waals surface area (Å²) in [5, 5.41) is 12.6. The molecular formula is C13H18FNO. The third-order valence-electron chi connectivity index (χ3n) is 3.21. The molecule has 0 aromatic heterocycles. The smallest absolute Gasteiger partial charge is 0.115 e. The molecule has 1 heterocycles. The third kappa shape index (κ3) is 2.95. The Bertz CT molecular complexity index is 342. The van der Waals surface area contributed by atoms with E-state index in [4.69, 9.17) is 0 Å². The molecule has 3 heteroatoms. The van der Waals surface area contributed by atoms with Crippen molar-refractivity contribution in [1.82, 2.24) is 5.32 Å². The van der Waals surface area contributed by atoms with E-state index in [1.54, 1.807) is 12.1 Å². The van der Waals surface area contributed by atoms with E-state index in [-0.39, 0.29) is 11.7 Å². The average Bonchev–Trinajstić information content (AvgIpc) is 2.45. The van der Waals surface area contributed by atoms with Crippen LogP contribution in [0.15, 0.2) is 24.3 Å². The number of phenols is 1. The van der Waals surface area contributed by atoms with Gasteiger partial charge in [0.15, 0.2) is 0 Å². The van der Waals surface area contributed by atoms with Crippen LogP contribution in [0.3, 0.4) is 0 Å². The zero-order valence-electron chi connectivity index (χ0n) is 9.32. The number of phenolic OH excluding ortho intramolecular Hbond substituents is 1. The number of hydrogen-bond donors (Lipinski definition) is 2. The summed E-state index contributed by atoms with van der Waals surface area (Å²) in [6, 6.07) is 7.13. The van der Waals surface area contributed by atoms with Crippen molar-refractivity contribution in [3.05, 3.63) is 29.8 Å². The zero-order valence-corrected chi connectivity index (χ0v) is 9.32. The molecule has 0 bridgehead atoms. The zero-order chi connectivity index (χ0) is 11.4. The van der Waals surface area contributed by atoms with Crippen molar-refractivity contribution in [2.45, 2.75) is 25.4 Å². The maximum atomic E-state index is 13.8. The predicted molar refractivity (Wildman–Crippen MR) is 62.3 cm³/mol. The van der Waals surface area contributed by atoms with Gasteiger partial charge in [0.1, 0.15) is 11.9 Å². The van der Waals surface area contributed by atoms with E-state index in [0.29, 0.717) is 6.42 Å². The Balaban J connectivity index is 2.02. The molecule has 1 fully saturated rings. The number of halogens is 1. The van der Waals surface area contributed by atoms with Crippen molar-refractivity contribution in [3.8, 4) is 5.75 Å². The molecule has 1 aliphatic rings. The van der Waals surface area contributed by atoms with Crippen molar-refractivity contribution in [3.63, 3.8) is 0 Å². The van der Waals surface area contributed by atoms with Crippen LogP contribution >= 0.6 is 0 Å². The van der Waals surface area contributed by atoms with Crippen LogP contribution in [0.25, 0.3) is 0 Å². The Morgan fingerprint density at radius 1 is 1.31 bits per heavy atom. The minimum absolute atomic E-state index is 0.0804. The van der Waals surface area contributed by atoms with Gasteiger partial charge in [-0.1, -0.05) is 12.1 Å². The number of nitrogens with one attached hydrogen (secondary N) is 1. The molecule has 1 aromatic rings. The van der Waals surface area contributed by atoms with E-state index in [1.165, 1.54) is 0 Å². The van der Waals surface area contributed by atoms with Crippen LogP contribution in [0.2, 0.25) is 0 Å². The van der Waals surface area contributed by atoms with Gasteiger partial charge in [-0.2, -0.15) is 0 Å². The average molecular weight is 223 g/mol. The predicted octanol–water partition coefficient (Wildman–Crippen LogP) is 2.27. The molecule has 0 amide bonds. The highest BCUT2D eigenvalue weighted by Crippen LogP contribution is 2.23. The second-order valence-electron chi connectivity index (χ2n) is 4.48. The number of alkyl halides is 1. The molecule has 0 spiro atoms. The van der Waals surface area contributed by atoms with E-state index in [2.05, 4.69) is 5.32 Å². The number of rotatable bonds is 2. The molecule has 2 N–H and O–H groups in total. The molecule has 0 radical (unpaired) electrons. The van der Waals surface area contributed by atoms with Gasteiger partial charge in [0.05, 0.1) is 0 Å². The van der Waals surface area contributed by atoms with Crippen LogP contribution < -0.4 is 5.32 Å². The minimum Gasteiger partial charge on any atom is -0.508 e. The molecule has 1 saturated heterocycles. The number of aromatic hydroxyl groups is 1. The van der Waals surface area contributed by atoms with Crippen molar-refractivity contribution < 1.29 is 9.50 Å². The van der Waals surface area contributed by atoms with Crippen LogP contribution in [0.4, 0.5) is 4.39 Å². The lowest BCUT2D eigenvalue weighted by Gasteiger charge is -2.17. The summed E-state index contributed by atoms with van der Waals surface area (Å²) in [4.78, 5) is 0. The van der Waals surface area contributed by atoms with Gasteiger partial charge < -0.3 is 10.4 Å². The van der Waals surface area contributed by atoms with Crippen LogP contribution in [0, 0.1) is 5.92 Å². The molecule has 0 saturated carbocycles. The lowest BCUT2D eigenvalue weighted by Crippen LogP contribution is -2.18. The molecule has 2 rings (SSSR count). The van der Waals surface area contributed by atoms with E-state index in [9.17, 15) is 9.50 Å². The first-order valence-corrected chi connectivity index (χ1v) is 5.88. The quantitative estimate of drug-likeness (QED) is 0.806. The normalized spacial score (nSPS) is 26.3. The Morgan fingerprint density at radius 3 is 2.94 bits per heavy atom. The van der Waals surface area contributed by atoms with Crippen LogP contribution in [0.5, 0.6) is 5.75 Å². The maximum absolute atomic E-state index is 13.8. The van der Waals surface area contributed by atoms with Crippen LogP contribution in [-0.2, 0) is 6.42 Å². The first kappa shape index (κ1) is 11.4. The minimum atomic E-state index is -0.725. The largest absolute Gasteiger partial charge is 0.508 e. The molecule has 1 aliphatic heterocycles. The summed E-state index contributed by atoms with van der Waals surface area (Å²) in [6.07, 6.45) is 1.47. The van der Waals surface area contributed by atoms with Crippen molar-refractivity contribution in [2.75, 3.05) is 13.1 Å². The topological polar surface area (TPSA) is 32.3 Å². The Morgan fingerprint density at radius 2 is 2.12 bits per heavy atom. The first-order chi connectivity index (χ1) is 7.75. The van der Waals surface area contributed by atoms with E-state index in [1.807, 2.05) is 12.1 Å². The fourth-order valence-electron chi connectivity index (χ4n) is 2.29. The Hall–Kier alpha value is -1.09. The third-order valence-corrected chi connectivity index (χ3v) is 3.21. The summed E-state index contributed by atoms with van der Waals surface area (Å²) in [7, 11) is 0. The van der Waals surface area contributed by atoms with Crippen molar-refractivity contribution in [1.29, 1.82) is 0 Å². The van der Waals surface area contributed by atoms with E-state index in [0.717, 1.165) is 31.5 Å². The fraction of sp³-hybridized carbons (Fsp3) is 0.538. The molecule has 16 heavy (non-hydrogen) atoms. The molecule has 1 aromatic carbocycles. The van der Waals surface area contributed by atoms with Gasteiger partial charge in [-0.05, 0) is 56.0 Å². The second-order valence-corrected chi connectivity index (χ2v) is 4.48. The molecule has 0 aliphatic carbocycles. The fourth-order valence-corrected chi connectivity index (χ4v) is 2.29. The SMILES string of the molecule is Oc1cccc(CC2CCNCCC2F)c1. The Kier molecular flexibility index (Phi) is 3.78. The van der Waals surface area contributed by atoms with Crippen molar-refractivity contribution >= 4 is 0 Å². The summed E-state index contributed by atoms with van der Waals surface area (Å²) in [5.74, 6) is 0.344. The summed E-state index contributed by atoms with van der Waals surface area (Å²) < 4.78 is 13.8. The first-order valence-electron chi connectivity index (χ1n) is 5.88. The standard InChI is InChI=1S/C13H18FNO/c14-13-5-7-15-6-4-11(13)8-10-2-1-3-12(16)9-10/h1-3,9,11,13,15-16H,4-8H2. The van der Waals surface area contributed by atoms with Gasteiger partial charge in [0, 0.05) is 0 Å². The lowest BCUT2D eigenvalue weighted by atomic mass is 9.91. The summed E-state index contributed by atoms with van der Waals surface area (Å²) in [6.45, 7) is 1.67. The molecule has 2 nitrogen and oxygen atoms in total. The van der Waals surface area contributed by atoms with Gasteiger partial charge in [-0.25, -0.2) is 4.39 Å². The van der Waals surface area contributed by atoms with Gasteiger partial charge in [-0.15, -0.1) is 0 Å². The summed E-state index contributed by atoms with van der Waals surface area (Å²) >= 11 is 0. The van der Waals surface area contributed by atoms with Gasteiger partial charge in [0.2, 0.25) is 0 Å². The van der Waals surface area contributed by atoms with Crippen LogP contribution in [-0.4, -0.2) is 24.4 Å². The van der Waals surface area contributed by atoms with Gasteiger partial charge in [-0.3, -0.25) is 0 Å². The second kappa shape index (κ2) is 5.30. The van der Waals surface area contributed by atoms with E-state index >= 15 is 0 Å². The van der Waals surface area contributed by atoms with Crippen LogP contribution in [0.1, 0.15) is 18.4 Å². The lowest BCUT2D eigenvalue weighted by molar-refractivity contribution is 0.219. The Labute approximate surface area is 95.5 Å². The summed E-state index contributed by atoms with van der Waals surface area (Å²) in [5.41, 5.74) is 1.02. The maximum Gasteiger partial charge on any atom is 0.115 e. The highest BCUT2D eigenvalue weighted by Gasteiger charge is 2.23. The van der Waals surface area contributed by atoms with Gasteiger partial charge >= 0.3 is 0 Å². The number of benzene rings is 1. The molecule has 2 atom stereocenters. The highest BCUT2D eigenvalue weighted by atomic mass is 19.1. The van der Waals surface area contributed by atoms with Crippen molar-refractivity contribution in [2.24, 2.45) is 5.92 Å². The number of hydrogen-bond acceptors (Lipinski definition) is 2. The molecule has 88 valence electrons. The molecule has 2 unspecified atom stereocenters. The van der Waals surface area contributed by atoms with Gasteiger partial charge in [0.25, 0.3) is 0 Å². The monoisotopic (exact) mass is 223 g/mol.